The van der Waals surface area contributed by atoms with Crippen LogP contribution >= 0.6 is 0 Å². The molecule has 3 nitrogen and oxygen atoms in total. The van der Waals surface area contributed by atoms with Crippen LogP contribution < -0.4 is 5.73 Å². The first-order valence-electron chi connectivity index (χ1n) is 7.72. The Bertz CT molecular complexity index is 846. The fraction of sp³-hybridized carbons (Fsp3) is 0.211. The van der Waals surface area contributed by atoms with E-state index in [4.69, 9.17) is 5.73 Å². The summed E-state index contributed by atoms with van der Waals surface area (Å²) in [6, 6.07) is 14.3. The van der Waals surface area contributed by atoms with Crippen LogP contribution in [0, 0.1) is 0 Å². The largest absolute Gasteiger partial charge is 0.357 e. The molecule has 3 N–H and O–H groups in total. The van der Waals surface area contributed by atoms with Gasteiger partial charge in [-0.1, -0.05) is 30.3 Å². The van der Waals surface area contributed by atoms with Gasteiger partial charge < -0.3 is 10.7 Å². The number of aldehydes is 1. The Morgan fingerprint density at radius 2 is 1.86 bits per heavy atom. The lowest BCUT2D eigenvalue weighted by molar-refractivity contribution is 0.112. The lowest BCUT2D eigenvalue weighted by atomic mass is 9.91. The first-order valence-corrected chi connectivity index (χ1v) is 7.72. The molecule has 1 atom stereocenters. The van der Waals surface area contributed by atoms with Gasteiger partial charge in [0.05, 0.1) is 0 Å². The number of fused-ring (bicyclic) bond motifs is 3. The average molecular weight is 290 g/mol. The molecule has 1 unspecified atom stereocenters. The van der Waals surface area contributed by atoms with E-state index in [1.54, 1.807) is 0 Å². The minimum Gasteiger partial charge on any atom is -0.357 e. The molecule has 0 amide bonds. The van der Waals surface area contributed by atoms with Gasteiger partial charge in [-0.05, 0) is 48.1 Å². The maximum Gasteiger partial charge on any atom is 0.150 e. The molecular weight excluding hydrogens is 272 g/mol. The molecule has 0 aliphatic heterocycles. The second kappa shape index (κ2) is 5.11. The highest BCUT2D eigenvalue weighted by atomic mass is 16.1. The number of aryl methyl sites for hydroxylation is 1. The summed E-state index contributed by atoms with van der Waals surface area (Å²) in [5, 5.41) is 1.28. The third-order valence-electron chi connectivity index (χ3n) is 4.63. The van der Waals surface area contributed by atoms with Gasteiger partial charge in [0.25, 0.3) is 0 Å². The summed E-state index contributed by atoms with van der Waals surface area (Å²) >= 11 is 0. The Morgan fingerprint density at radius 1 is 1.09 bits per heavy atom. The molecule has 1 aliphatic carbocycles. The van der Waals surface area contributed by atoms with Crippen molar-refractivity contribution < 1.29 is 4.79 Å². The molecule has 4 rings (SSSR count). The zero-order valence-corrected chi connectivity index (χ0v) is 12.3. The number of H-pyrrole nitrogens is 1. The van der Waals surface area contributed by atoms with Crippen LogP contribution in [0.4, 0.5) is 0 Å². The highest BCUT2D eigenvalue weighted by Gasteiger charge is 2.21. The van der Waals surface area contributed by atoms with Crippen LogP contribution in [0.3, 0.4) is 0 Å². The van der Waals surface area contributed by atoms with E-state index in [0.29, 0.717) is 5.56 Å². The van der Waals surface area contributed by atoms with Crippen molar-refractivity contribution in [2.75, 3.05) is 0 Å². The Labute approximate surface area is 129 Å². The van der Waals surface area contributed by atoms with Crippen LogP contribution in [0.25, 0.3) is 22.0 Å². The van der Waals surface area contributed by atoms with Crippen LogP contribution in [0.2, 0.25) is 0 Å². The molecule has 110 valence electrons. The summed E-state index contributed by atoms with van der Waals surface area (Å²) in [6.45, 7) is 0. The molecule has 1 heterocycles. The van der Waals surface area contributed by atoms with E-state index in [2.05, 4.69) is 23.2 Å². The monoisotopic (exact) mass is 290 g/mol. The number of aromatic amines is 1. The molecule has 1 aromatic heterocycles. The molecule has 0 bridgehead atoms. The highest BCUT2D eigenvalue weighted by Crippen LogP contribution is 2.35. The number of hydrogen-bond acceptors (Lipinski definition) is 2. The van der Waals surface area contributed by atoms with E-state index in [-0.39, 0.29) is 6.04 Å². The average Bonchev–Trinajstić information content (AvgIpc) is 2.94. The molecule has 1 aliphatic rings. The number of rotatable bonds is 2. The fourth-order valence-electron chi connectivity index (χ4n) is 3.43. The maximum absolute atomic E-state index is 10.8. The second-order valence-corrected chi connectivity index (χ2v) is 6.02. The molecule has 0 fully saturated rings. The standard InChI is InChI=1S/C19H18N2O/c20-17-3-1-2-15-16-10-14(8-9-18(16)21-19(15)17)13-6-4-12(11-22)5-7-13/h4-11,17,21H,1-3,20H2. The first-order chi connectivity index (χ1) is 10.8. The zero-order chi connectivity index (χ0) is 15.1. The molecule has 0 radical (unpaired) electrons. The Hall–Kier alpha value is -2.39. The predicted octanol–water partition coefficient (Wildman–Crippen LogP) is 3.98. The van der Waals surface area contributed by atoms with Crippen molar-refractivity contribution in [2.24, 2.45) is 5.73 Å². The van der Waals surface area contributed by atoms with Gasteiger partial charge in [0, 0.05) is 28.2 Å². The molecule has 3 aromatic rings. The number of nitrogens with two attached hydrogens (primary N) is 1. The van der Waals surface area contributed by atoms with Gasteiger partial charge in [-0.3, -0.25) is 4.79 Å². The highest BCUT2D eigenvalue weighted by molar-refractivity contribution is 5.89. The topological polar surface area (TPSA) is 58.9 Å². The summed E-state index contributed by atoms with van der Waals surface area (Å²) in [5.41, 5.74) is 13.0. The number of aromatic nitrogens is 1. The molecule has 0 saturated carbocycles. The maximum atomic E-state index is 10.8. The number of nitrogens with one attached hydrogen (secondary N) is 1. The van der Waals surface area contributed by atoms with E-state index in [0.717, 1.165) is 36.6 Å². The van der Waals surface area contributed by atoms with E-state index >= 15 is 0 Å². The minimum absolute atomic E-state index is 0.131. The van der Waals surface area contributed by atoms with Gasteiger partial charge in [0.2, 0.25) is 0 Å². The number of hydrogen-bond donors (Lipinski definition) is 2. The molecule has 3 heteroatoms. The Balaban J connectivity index is 1.84. The third kappa shape index (κ3) is 2.06. The second-order valence-electron chi connectivity index (χ2n) is 6.02. The molecule has 2 aromatic carbocycles. The van der Waals surface area contributed by atoms with Gasteiger partial charge in [0.15, 0.2) is 0 Å². The summed E-state index contributed by atoms with van der Waals surface area (Å²) in [7, 11) is 0. The quantitative estimate of drug-likeness (QED) is 0.701. The Morgan fingerprint density at radius 3 is 2.64 bits per heavy atom. The first kappa shape index (κ1) is 13.3. The smallest absolute Gasteiger partial charge is 0.150 e. The SMILES string of the molecule is NC1CCCc2c1[nH]c1ccc(-c3ccc(C=O)cc3)cc21. The summed E-state index contributed by atoms with van der Waals surface area (Å²) in [6.07, 6.45) is 4.17. The van der Waals surface area contributed by atoms with Crippen molar-refractivity contribution in [3.8, 4) is 11.1 Å². The van der Waals surface area contributed by atoms with Crippen molar-refractivity contribution in [1.82, 2.24) is 4.98 Å². The Kier molecular flexibility index (Phi) is 3.09. The van der Waals surface area contributed by atoms with Crippen molar-refractivity contribution in [1.29, 1.82) is 0 Å². The van der Waals surface area contributed by atoms with Gasteiger partial charge >= 0.3 is 0 Å². The zero-order valence-electron chi connectivity index (χ0n) is 12.3. The summed E-state index contributed by atoms with van der Waals surface area (Å²) in [5.74, 6) is 0. The summed E-state index contributed by atoms with van der Waals surface area (Å²) in [4.78, 5) is 14.3. The lowest BCUT2D eigenvalue weighted by Crippen LogP contribution is -2.16. The number of carbonyl (C=O) groups excluding carboxylic acids is 1. The van der Waals surface area contributed by atoms with Crippen LogP contribution in [-0.4, -0.2) is 11.3 Å². The number of carbonyl (C=O) groups is 1. The molecule has 22 heavy (non-hydrogen) atoms. The molecular formula is C19H18N2O. The van der Waals surface area contributed by atoms with Crippen LogP contribution in [0.15, 0.2) is 42.5 Å². The third-order valence-corrected chi connectivity index (χ3v) is 4.63. The fourth-order valence-corrected chi connectivity index (χ4v) is 3.43. The summed E-state index contributed by atoms with van der Waals surface area (Å²) < 4.78 is 0. The number of benzene rings is 2. The minimum atomic E-state index is 0.131. The van der Waals surface area contributed by atoms with Gasteiger partial charge in [-0.25, -0.2) is 0 Å². The predicted molar refractivity (Wildman–Crippen MR) is 89.0 cm³/mol. The van der Waals surface area contributed by atoms with E-state index in [9.17, 15) is 4.79 Å². The van der Waals surface area contributed by atoms with Crippen LogP contribution in [0.1, 0.15) is 40.5 Å². The van der Waals surface area contributed by atoms with Gasteiger partial charge in [-0.15, -0.1) is 0 Å². The van der Waals surface area contributed by atoms with Gasteiger partial charge in [0.1, 0.15) is 6.29 Å². The van der Waals surface area contributed by atoms with E-state index in [1.807, 2.05) is 24.3 Å². The van der Waals surface area contributed by atoms with Gasteiger partial charge in [-0.2, -0.15) is 0 Å². The van der Waals surface area contributed by atoms with E-state index < -0.39 is 0 Å². The molecule has 0 spiro atoms. The van der Waals surface area contributed by atoms with Crippen LogP contribution in [-0.2, 0) is 6.42 Å². The van der Waals surface area contributed by atoms with Crippen LogP contribution in [0.5, 0.6) is 0 Å². The van der Waals surface area contributed by atoms with Crippen molar-refractivity contribution in [3.05, 3.63) is 59.3 Å². The van der Waals surface area contributed by atoms with Crippen molar-refractivity contribution >= 4 is 17.2 Å². The normalized spacial score (nSPS) is 17.4. The van der Waals surface area contributed by atoms with Crippen molar-refractivity contribution in [3.63, 3.8) is 0 Å². The molecule has 0 saturated heterocycles. The van der Waals surface area contributed by atoms with Crippen molar-refractivity contribution in [2.45, 2.75) is 25.3 Å². The van der Waals surface area contributed by atoms with E-state index in [1.165, 1.54) is 22.2 Å². The lowest BCUT2D eigenvalue weighted by Gasteiger charge is -2.18.